The number of para-hydroxylation sites is 1. The van der Waals surface area contributed by atoms with E-state index in [4.69, 9.17) is 9.47 Å². The molecule has 4 heteroatoms. The average molecular weight is 342 g/mol. The molecule has 0 spiro atoms. The van der Waals surface area contributed by atoms with Crippen LogP contribution in [0.4, 0.5) is 4.39 Å². The molecule has 1 saturated carbocycles. The van der Waals surface area contributed by atoms with Gasteiger partial charge >= 0.3 is 5.97 Å². The SMILES string of the molecule is COC(=O)C1(c2cccc(F)c2C)CCC(Oc2ccccc2)CC1. The Labute approximate surface area is 147 Å². The molecule has 1 aliphatic carbocycles. The van der Waals surface area contributed by atoms with Gasteiger partial charge in [0.2, 0.25) is 0 Å². The van der Waals surface area contributed by atoms with E-state index in [9.17, 15) is 9.18 Å². The van der Waals surface area contributed by atoms with E-state index in [-0.39, 0.29) is 17.9 Å². The molecule has 0 aromatic heterocycles. The molecule has 0 unspecified atom stereocenters. The second kappa shape index (κ2) is 7.26. The highest BCUT2D eigenvalue weighted by molar-refractivity contribution is 5.84. The Morgan fingerprint density at radius 1 is 1.08 bits per heavy atom. The van der Waals surface area contributed by atoms with Crippen molar-refractivity contribution in [3.63, 3.8) is 0 Å². The summed E-state index contributed by atoms with van der Waals surface area (Å²) in [6.07, 6.45) is 2.66. The number of methoxy groups -OCH3 is 1. The van der Waals surface area contributed by atoms with Gasteiger partial charge in [-0.3, -0.25) is 4.79 Å². The number of carbonyl (C=O) groups is 1. The lowest BCUT2D eigenvalue weighted by atomic mass is 9.67. The predicted octanol–water partition coefficient (Wildman–Crippen LogP) is 4.57. The number of carbonyl (C=O) groups excluding carboxylic acids is 1. The molecule has 3 nitrogen and oxygen atoms in total. The molecule has 25 heavy (non-hydrogen) atoms. The second-order valence-corrected chi connectivity index (χ2v) is 6.62. The molecule has 2 aromatic carbocycles. The highest BCUT2D eigenvalue weighted by atomic mass is 19.1. The fourth-order valence-corrected chi connectivity index (χ4v) is 3.80. The Bertz CT molecular complexity index is 734. The van der Waals surface area contributed by atoms with Gasteiger partial charge in [-0.25, -0.2) is 4.39 Å². The first-order valence-electron chi connectivity index (χ1n) is 8.62. The zero-order chi connectivity index (χ0) is 17.9. The van der Waals surface area contributed by atoms with E-state index in [1.807, 2.05) is 36.4 Å². The van der Waals surface area contributed by atoms with Crippen molar-refractivity contribution in [3.05, 3.63) is 65.5 Å². The van der Waals surface area contributed by atoms with E-state index < -0.39 is 5.41 Å². The van der Waals surface area contributed by atoms with Crippen LogP contribution in [0, 0.1) is 12.7 Å². The van der Waals surface area contributed by atoms with Crippen LogP contribution in [-0.4, -0.2) is 19.2 Å². The van der Waals surface area contributed by atoms with Crippen LogP contribution in [0.25, 0.3) is 0 Å². The van der Waals surface area contributed by atoms with Gasteiger partial charge in [0, 0.05) is 0 Å². The van der Waals surface area contributed by atoms with Crippen LogP contribution < -0.4 is 4.74 Å². The zero-order valence-electron chi connectivity index (χ0n) is 14.6. The maximum Gasteiger partial charge on any atom is 0.316 e. The fraction of sp³-hybridized carbons (Fsp3) is 0.381. The lowest BCUT2D eigenvalue weighted by Crippen LogP contribution is -2.43. The number of rotatable bonds is 4. The summed E-state index contributed by atoms with van der Waals surface area (Å²) in [7, 11) is 1.39. The highest BCUT2D eigenvalue weighted by Crippen LogP contribution is 2.43. The smallest absolute Gasteiger partial charge is 0.316 e. The summed E-state index contributed by atoms with van der Waals surface area (Å²) in [5, 5.41) is 0. The molecule has 3 rings (SSSR count). The van der Waals surface area contributed by atoms with Crippen LogP contribution in [0.3, 0.4) is 0 Å². The van der Waals surface area contributed by atoms with Crippen molar-refractivity contribution in [2.24, 2.45) is 0 Å². The number of benzene rings is 2. The van der Waals surface area contributed by atoms with Gasteiger partial charge in [0.05, 0.1) is 18.6 Å². The topological polar surface area (TPSA) is 35.5 Å². The Morgan fingerprint density at radius 2 is 1.76 bits per heavy atom. The standard InChI is InChI=1S/C21H23FO3/c1-15-18(9-6-10-19(15)22)21(20(23)24-2)13-11-17(12-14-21)25-16-7-4-3-5-8-16/h3-10,17H,11-14H2,1-2H3. The minimum atomic E-state index is -0.794. The van der Waals surface area contributed by atoms with E-state index in [1.165, 1.54) is 13.2 Å². The van der Waals surface area contributed by atoms with Crippen LogP contribution in [-0.2, 0) is 14.9 Å². The molecule has 0 atom stereocenters. The normalized spacial score (nSPS) is 23.1. The molecular weight excluding hydrogens is 319 g/mol. The number of hydrogen-bond acceptors (Lipinski definition) is 3. The summed E-state index contributed by atoms with van der Waals surface area (Å²) >= 11 is 0. The molecule has 0 aliphatic heterocycles. The van der Waals surface area contributed by atoms with Gasteiger partial charge < -0.3 is 9.47 Å². The Kier molecular flexibility index (Phi) is 5.07. The van der Waals surface area contributed by atoms with E-state index in [2.05, 4.69) is 0 Å². The molecule has 0 radical (unpaired) electrons. The first-order chi connectivity index (χ1) is 12.1. The number of halogens is 1. The van der Waals surface area contributed by atoms with Gasteiger partial charge in [0.1, 0.15) is 11.6 Å². The quantitative estimate of drug-likeness (QED) is 0.764. The molecule has 1 fully saturated rings. The van der Waals surface area contributed by atoms with Crippen molar-refractivity contribution >= 4 is 5.97 Å². The Balaban J connectivity index is 1.83. The van der Waals surface area contributed by atoms with E-state index >= 15 is 0 Å². The lowest BCUT2D eigenvalue weighted by molar-refractivity contribution is -0.149. The van der Waals surface area contributed by atoms with Crippen molar-refractivity contribution in [2.45, 2.75) is 44.1 Å². The molecule has 0 amide bonds. The van der Waals surface area contributed by atoms with Gasteiger partial charge in [0.25, 0.3) is 0 Å². The predicted molar refractivity (Wildman–Crippen MR) is 94.2 cm³/mol. The molecule has 0 N–H and O–H groups in total. The van der Waals surface area contributed by atoms with E-state index in [1.54, 1.807) is 13.0 Å². The van der Waals surface area contributed by atoms with Gasteiger partial charge in [-0.1, -0.05) is 30.3 Å². The van der Waals surface area contributed by atoms with Gasteiger partial charge in [-0.15, -0.1) is 0 Å². The minimum Gasteiger partial charge on any atom is -0.490 e. The average Bonchev–Trinajstić information content (AvgIpc) is 2.65. The molecule has 132 valence electrons. The van der Waals surface area contributed by atoms with Crippen LogP contribution in [0.15, 0.2) is 48.5 Å². The molecular formula is C21H23FO3. The molecule has 0 saturated heterocycles. The van der Waals surface area contributed by atoms with Gasteiger partial charge in [-0.2, -0.15) is 0 Å². The van der Waals surface area contributed by atoms with E-state index in [0.717, 1.165) is 24.2 Å². The third-order valence-electron chi connectivity index (χ3n) is 5.19. The third-order valence-corrected chi connectivity index (χ3v) is 5.19. The van der Waals surface area contributed by atoms with Gasteiger partial charge in [-0.05, 0) is 61.9 Å². The summed E-state index contributed by atoms with van der Waals surface area (Å²) < 4.78 is 25.2. The van der Waals surface area contributed by atoms with Crippen molar-refractivity contribution in [1.29, 1.82) is 0 Å². The summed E-state index contributed by atoms with van der Waals surface area (Å²) in [4.78, 5) is 12.6. The summed E-state index contributed by atoms with van der Waals surface area (Å²) in [6, 6.07) is 14.6. The largest absolute Gasteiger partial charge is 0.490 e. The Hall–Kier alpha value is -2.36. The molecule has 2 aromatic rings. The molecule has 0 bridgehead atoms. The maximum atomic E-state index is 14.1. The number of hydrogen-bond donors (Lipinski definition) is 0. The van der Waals surface area contributed by atoms with Crippen molar-refractivity contribution < 1.29 is 18.7 Å². The van der Waals surface area contributed by atoms with Crippen molar-refractivity contribution in [1.82, 2.24) is 0 Å². The molecule has 1 aliphatic rings. The van der Waals surface area contributed by atoms with Crippen molar-refractivity contribution in [2.75, 3.05) is 7.11 Å². The first-order valence-corrected chi connectivity index (χ1v) is 8.62. The summed E-state index contributed by atoms with van der Waals surface area (Å²) in [5.74, 6) is 0.253. The lowest BCUT2D eigenvalue weighted by Gasteiger charge is -2.39. The summed E-state index contributed by atoms with van der Waals surface area (Å²) in [6.45, 7) is 1.72. The van der Waals surface area contributed by atoms with Crippen LogP contribution in [0.1, 0.15) is 36.8 Å². The zero-order valence-corrected chi connectivity index (χ0v) is 14.6. The minimum absolute atomic E-state index is 0.0500. The number of esters is 1. The molecule has 0 heterocycles. The first kappa shape index (κ1) is 17.5. The fourth-order valence-electron chi connectivity index (χ4n) is 3.80. The van der Waals surface area contributed by atoms with Crippen LogP contribution in [0.2, 0.25) is 0 Å². The summed E-state index contributed by atoms with van der Waals surface area (Å²) in [5.41, 5.74) is 0.463. The maximum absolute atomic E-state index is 14.1. The monoisotopic (exact) mass is 342 g/mol. The third kappa shape index (κ3) is 3.39. The number of ether oxygens (including phenoxy) is 2. The second-order valence-electron chi connectivity index (χ2n) is 6.62. The van der Waals surface area contributed by atoms with Crippen LogP contribution >= 0.6 is 0 Å². The van der Waals surface area contributed by atoms with Crippen LogP contribution in [0.5, 0.6) is 5.75 Å². The van der Waals surface area contributed by atoms with Gasteiger partial charge in [0.15, 0.2) is 0 Å². The Morgan fingerprint density at radius 3 is 2.40 bits per heavy atom. The van der Waals surface area contributed by atoms with Crippen molar-refractivity contribution in [3.8, 4) is 5.75 Å². The highest BCUT2D eigenvalue weighted by Gasteiger charge is 2.46. The van der Waals surface area contributed by atoms with E-state index in [0.29, 0.717) is 18.4 Å².